The van der Waals surface area contributed by atoms with Gasteiger partial charge in [-0.2, -0.15) is 5.26 Å². The standard InChI is InChI=1S/C14H7NO3/c15-7-12-10-3-1-9(17)6-14(10)18-13-4-2-8(16)5-11(12)13/h1-6,16H. The maximum atomic E-state index is 11.3. The highest BCUT2D eigenvalue weighted by atomic mass is 16.3. The largest absolute Gasteiger partial charge is 0.508 e. The van der Waals surface area contributed by atoms with E-state index in [4.69, 9.17) is 4.42 Å². The quantitative estimate of drug-likeness (QED) is 0.609. The Balaban J connectivity index is 2.58. The fourth-order valence-corrected chi connectivity index (χ4v) is 1.98. The van der Waals surface area contributed by atoms with Gasteiger partial charge in [-0.15, -0.1) is 0 Å². The lowest BCUT2D eigenvalue weighted by molar-refractivity contribution is 0.475. The normalized spacial score (nSPS) is 10.6. The fraction of sp³-hybridized carbons (Fsp3) is 0. The van der Waals surface area contributed by atoms with Crippen LogP contribution in [0.25, 0.3) is 22.3 Å². The third-order valence-corrected chi connectivity index (χ3v) is 2.79. The molecule has 0 spiro atoms. The van der Waals surface area contributed by atoms with Gasteiger partial charge in [-0.1, -0.05) is 0 Å². The molecule has 0 unspecified atom stereocenters. The molecule has 0 amide bonds. The van der Waals surface area contributed by atoms with Gasteiger partial charge < -0.3 is 9.52 Å². The average molecular weight is 237 g/mol. The van der Waals surface area contributed by atoms with Crippen molar-refractivity contribution in [3.8, 4) is 23.1 Å². The Morgan fingerprint density at radius 1 is 1.17 bits per heavy atom. The zero-order valence-corrected chi connectivity index (χ0v) is 9.18. The van der Waals surface area contributed by atoms with E-state index in [1.54, 1.807) is 12.1 Å². The van der Waals surface area contributed by atoms with E-state index in [9.17, 15) is 15.2 Å². The number of hydrogen-bond acceptors (Lipinski definition) is 4. The molecule has 18 heavy (non-hydrogen) atoms. The fourth-order valence-electron chi connectivity index (χ4n) is 1.98. The minimum Gasteiger partial charge on any atom is -0.508 e. The molecule has 1 aromatic rings. The molecule has 1 aromatic carbocycles. The van der Waals surface area contributed by atoms with Crippen molar-refractivity contribution in [3.05, 3.63) is 52.2 Å². The molecule has 1 N–H and O–H groups in total. The van der Waals surface area contributed by atoms with Crippen LogP contribution in [0, 0.1) is 11.3 Å². The lowest BCUT2D eigenvalue weighted by Gasteiger charge is -2.09. The molecule has 3 rings (SSSR count). The summed E-state index contributed by atoms with van der Waals surface area (Å²) in [6, 6.07) is 10.9. The van der Waals surface area contributed by atoms with E-state index < -0.39 is 0 Å². The van der Waals surface area contributed by atoms with Crippen LogP contribution < -0.4 is 5.43 Å². The van der Waals surface area contributed by atoms with Crippen LogP contribution in [0.1, 0.15) is 5.56 Å². The molecule has 86 valence electrons. The highest BCUT2D eigenvalue weighted by Gasteiger charge is 2.15. The Morgan fingerprint density at radius 3 is 2.78 bits per heavy atom. The molecular formula is C14H7NO3. The van der Waals surface area contributed by atoms with Crippen LogP contribution in [0.3, 0.4) is 0 Å². The van der Waals surface area contributed by atoms with E-state index in [0.29, 0.717) is 27.9 Å². The van der Waals surface area contributed by atoms with Crippen molar-refractivity contribution in [2.24, 2.45) is 0 Å². The van der Waals surface area contributed by atoms with Gasteiger partial charge in [0.1, 0.15) is 23.2 Å². The maximum Gasteiger partial charge on any atom is 0.182 e. The third-order valence-electron chi connectivity index (χ3n) is 2.79. The molecule has 0 radical (unpaired) electrons. The molecule has 0 saturated carbocycles. The summed E-state index contributed by atoms with van der Waals surface area (Å²) in [5.41, 5.74) is 1.24. The van der Waals surface area contributed by atoms with Gasteiger partial charge in [-0.25, -0.2) is 0 Å². The van der Waals surface area contributed by atoms with Crippen LogP contribution in [-0.4, -0.2) is 5.11 Å². The predicted molar refractivity (Wildman–Crippen MR) is 65.5 cm³/mol. The van der Waals surface area contributed by atoms with Crippen LogP contribution in [0.15, 0.2) is 45.6 Å². The number of nitriles is 1. The predicted octanol–water partition coefficient (Wildman–Crippen LogP) is 2.48. The number of nitrogens with zero attached hydrogens (tertiary/aromatic N) is 1. The van der Waals surface area contributed by atoms with Crippen molar-refractivity contribution in [1.29, 1.82) is 5.26 Å². The second-order valence-corrected chi connectivity index (χ2v) is 3.93. The summed E-state index contributed by atoms with van der Waals surface area (Å²) in [5, 5.41) is 19.2. The first-order chi connectivity index (χ1) is 8.69. The topological polar surface area (TPSA) is 74.2 Å². The lowest BCUT2D eigenvalue weighted by Crippen LogP contribution is -1.99. The second-order valence-electron chi connectivity index (χ2n) is 3.93. The van der Waals surface area contributed by atoms with Gasteiger partial charge in [0.25, 0.3) is 0 Å². The smallest absolute Gasteiger partial charge is 0.182 e. The number of phenols is 1. The number of phenolic OH excluding ortho intramolecular Hbond substituents is 1. The molecule has 0 fully saturated rings. The van der Waals surface area contributed by atoms with E-state index in [1.807, 2.05) is 0 Å². The van der Waals surface area contributed by atoms with Gasteiger partial charge in [-0.05, 0) is 30.3 Å². The molecule has 1 aliphatic carbocycles. The second kappa shape index (κ2) is 3.60. The van der Waals surface area contributed by atoms with Gasteiger partial charge >= 0.3 is 0 Å². The summed E-state index contributed by atoms with van der Waals surface area (Å²) < 4.78 is 5.56. The first-order valence-electron chi connectivity index (χ1n) is 5.29. The lowest BCUT2D eigenvalue weighted by atomic mass is 10.0. The number of benzene rings is 2. The van der Waals surface area contributed by atoms with Crippen molar-refractivity contribution in [3.63, 3.8) is 0 Å². The van der Waals surface area contributed by atoms with Gasteiger partial charge in [-0.3, -0.25) is 4.79 Å². The Hall–Kier alpha value is -2.80. The monoisotopic (exact) mass is 237 g/mol. The number of aromatic hydroxyl groups is 1. The number of fused-ring (bicyclic) bond motifs is 2. The average Bonchev–Trinajstić information content (AvgIpc) is 2.36. The minimum absolute atomic E-state index is 0.0639. The summed E-state index contributed by atoms with van der Waals surface area (Å²) in [7, 11) is 0. The molecule has 0 bridgehead atoms. The molecular weight excluding hydrogens is 230 g/mol. The molecule has 1 heterocycles. The van der Waals surface area contributed by atoms with Gasteiger partial charge in [0, 0.05) is 17.0 Å². The van der Waals surface area contributed by atoms with E-state index in [0.717, 1.165) is 0 Å². The van der Waals surface area contributed by atoms with Gasteiger partial charge in [0.15, 0.2) is 5.43 Å². The molecule has 4 heteroatoms. The van der Waals surface area contributed by atoms with E-state index in [1.165, 1.54) is 24.3 Å². The maximum absolute atomic E-state index is 11.3. The minimum atomic E-state index is -0.173. The summed E-state index contributed by atoms with van der Waals surface area (Å²) in [5.74, 6) is 0.436. The number of rotatable bonds is 0. The first-order valence-corrected chi connectivity index (χ1v) is 5.29. The van der Waals surface area contributed by atoms with Crippen molar-refractivity contribution in [2.45, 2.75) is 0 Å². The van der Waals surface area contributed by atoms with Crippen LogP contribution in [0.5, 0.6) is 5.75 Å². The zero-order valence-electron chi connectivity index (χ0n) is 9.18. The van der Waals surface area contributed by atoms with Crippen LogP contribution in [0.4, 0.5) is 0 Å². The Labute approximate surface area is 102 Å². The van der Waals surface area contributed by atoms with Crippen LogP contribution in [0.2, 0.25) is 0 Å². The summed E-state index contributed by atoms with van der Waals surface area (Å²) in [6.07, 6.45) is 0. The van der Waals surface area contributed by atoms with E-state index in [-0.39, 0.29) is 11.2 Å². The number of hydrogen-bond donors (Lipinski definition) is 1. The third kappa shape index (κ3) is 1.42. The molecule has 0 aromatic heterocycles. The summed E-state index contributed by atoms with van der Waals surface area (Å²) >= 11 is 0. The molecule has 0 atom stereocenters. The van der Waals surface area contributed by atoms with Gasteiger partial charge in [0.05, 0.1) is 5.56 Å². The van der Waals surface area contributed by atoms with Crippen molar-refractivity contribution < 1.29 is 9.52 Å². The Kier molecular flexibility index (Phi) is 2.07. The Morgan fingerprint density at radius 2 is 2.00 bits per heavy atom. The molecule has 1 aliphatic heterocycles. The summed E-state index contributed by atoms with van der Waals surface area (Å²) in [6.45, 7) is 0. The highest BCUT2D eigenvalue weighted by molar-refractivity contribution is 5.91. The summed E-state index contributed by atoms with van der Waals surface area (Å²) in [4.78, 5) is 11.3. The molecule has 4 nitrogen and oxygen atoms in total. The van der Waals surface area contributed by atoms with Crippen molar-refractivity contribution >= 4 is 11.0 Å². The van der Waals surface area contributed by atoms with Crippen molar-refractivity contribution in [1.82, 2.24) is 0 Å². The van der Waals surface area contributed by atoms with Crippen LogP contribution >= 0.6 is 0 Å². The Bertz CT molecular complexity index is 827. The SMILES string of the molecule is N#Cc1c2ccc(=O)cc-2oc2ccc(O)cc12. The van der Waals surface area contributed by atoms with Crippen LogP contribution in [-0.2, 0) is 0 Å². The first kappa shape index (κ1) is 10.4. The van der Waals surface area contributed by atoms with Crippen molar-refractivity contribution in [2.75, 3.05) is 0 Å². The van der Waals surface area contributed by atoms with Gasteiger partial charge in [0.2, 0.25) is 0 Å². The molecule has 2 aliphatic rings. The molecule has 0 saturated heterocycles. The van der Waals surface area contributed by atoms with E-state index in [2.05, 4.69) is 6.07 Å². The highest BCUT2D eigenvalue weighted by Crippen LogP contribution is 2.33. The van der Waals surface area contributed by atoms with E-state index >= 15 is 0 Å². The zero-order chi connectivity index (χ0) is 12.7.